The molecule has 0 spiro atoms. The lowest BCUT2D eigenvalue weighted by atomic mass is 10.2. The van der Waals surface area contributed by atoms with Crippen LogP contribution in [0.5, 0.6) is 11.5 Å². The molecule has 1 aromatic carbocycles. The van der Waals surface area contributed by atoms with Crippen molar-refractivity contribution in [1.82, 2.24) is 0 Å². The van der Waals surface area contributed by atoms with Gasteiger partial charge in [-0.1, -0.05) is 6.07 Å². The zero-order valence-electron chi connectivity index (χ0n) is 8.10. The second-order valence-corrected chi connectivity index (χ2v) is 3.14. The molecule has 0 aliphatic carbocycles. The van der Waals surface area contributed by atoms with Gasteiger partial charge in [-0.3, -0.25) is 4.79 Å². The largest absolute Gasteiger partial charge is 0.486 e. The first-order chi connectivity index (χ1) is 7.25. The number of carbonyl (C=O) groups is 1. The maximum atomic E-state index is 10.5. The second-order valence-electron chi connectivity index (χ2n) is 3.14. The molecular weight excluding hydrogens is 194 g/mol. The van der Waals surface area contributed by atoms with Crippen LogP contribution in [0.2, 0.25) is 0 Å². The van der Waals surface area contributed by atoms with Crippen LogP contribution in [-0.2, 0) is 4.79 Å². The van der Waals surface area contributed by atoms with Crippen LogP contribution in [0.25, 0.3) is 6.08 Å². The summed E-state index contributed by atoms with van der Waals surface area (Å²) in [5, 5.41) is 0. The van der Waals surface area contributed by atoms with E-state index in [-0.39, 0.29) is 0 Å². The van der Waals surface area contributed by atoms with Crippen LogP contribution in [0.3, 0.4) is 0 Å². The van der Waals surface area contributed by atoms with Gasteiger partial charge in [-0.15, -0.1) is 0 Å². The number of amides is 1. The van der Waals surface area contributed by atoms with E-state index in [1.165, 1.54) is 6.08 Å². The average Bonchev–Trinajstić information content (AvgIpc) is 2.26. The number of nitrogens with two attached hydrogens (primary N) is 1. The molecule has 0 bridgehead atoms. The molecular formula is C11H11NO3. The van der Waals surface area contributed by atoms with Crippen molar-refractivity contribution in [2.75, 3.05) is 13.2 Å². The molecule has 0 unspecified atom stereocenters. The van der Waals surface area contributed by atoms with Crippen LogP contribution >= 0.6 is 0 Å². The fraction of sp³-hybridized carbons (Fsp3) is 0.182. The fourth-order valence-corrected chi connectivity index (χ4v) is 1.34. The van der Waals surface area contributed by atoms with Crippen LogP contribution in [0.1, 0.15) is 5.56 Å². The summed E-state index contributed by atoms with van der Waals surface area (Å²) in [6, 6.07) is 5.47. The van der Waals surface area contributed by atoms with Crippen molar-refractivity contribution in [2.24, 2.45) is 5.73 Å². The summed E-state index contributed by atoms with van der Waals surface area (Å²) >= 11 is 0. The molecule has 15 heavy (non-hydrogen) atoms. The highest BCUT2D eigenvalue weighted by Crippen LogP contribution is 2.30. The third-order valence-electron chi connectivity index (χ3n) is 2.01. The van der Waals surface area contributed by atoms with Crippen molar-refractivity contribution in [3.05, 3.63) is 29.8 Å². The fourth-order valence-electron chi connectivity index (χ4n) is 1.34. The number of ether oxygens (including phenoxy) is 2. The summed E-state index contributed by atoms with van der Waals surface area (Å²) in [7, 11) is 0. The molecule has 0 radical (unpaired) electrons. The molecule has 2 rings (SSSR count). The van der Waals surface area contributed by atoms with Gasteiger partial charge >= 0.3 is 0 Å². The Labute approximate surface area is 87.3 Å². The molecule has 1 aliphatic rings. The average molecular weight is 205 g/mol. The van der Waals surface area contributed by atoms with E-state index in [0.29, 0.717) is 19.0 Å². The third kappa shape index (κ3) is 2.28. The van der Waals surface area contributed by atoms with E-state index in [1.807, 2.05) is 18.2 Å². The Hall–Kier alpha value is -1.97. The van der Waals surface area contributed by atoms with Gasteiger partial charge in [-0.05, 0) is 23.8 Å². The Balaban J connectivity index is 2.24. The molecule has 0 atom stereocenters. The van der Waals surface area contributed by atoms with Gasteiger partial charge in [-0.25, -0.2) is 0 Å². The normalized spacial score (nSPS) is 14.1. The molecule has 0 fully saturated rings. The molecule has 1 aliphatic heterocycles. The van der Waals surface area contributed by atoms with Crippen molar-refractivity contribution >= 4 is 12.0 Å². The zero-order chi connectivity index (χ0) is 10.7. The Bertz CT molecular complexity index is 412. The summed E-state index contributed by atoms with van der Waals surface area (Å²) in [5.41, 5.74) is 5.86. The summed E-state index contributed by atoms with van der Waals surface area (Å²) in [6.45, 7) is 1.12. The van der Waals surface area contributed by atoms with Gasteiger partial charge in [0.2, 0.25) is 5.91 Å². The highest BCUT2D eigenvalue weighted by molar-refractivity contribution is 5.90. The lowest BCUT2D eigenvalue weighted by Gasteiger charge is -2.18. The minimum Gasteiger partial charge on any atom is -0.486 e. The Morgan fingerprint density at radius 2 is 2.00 bits per heavy atom. The van der Waals surface area contributed by atoms with E-state index in [4.69, 9.17) is 15.2 Å². The van der Waals surface area contributed by atoms with Gasteiger partial charge in [-0.2, -0.15) is 0 Å². The molecule has 2 N–H and O–H groups in total. The van der Waals surface area contributed by atoms with Gasteiger partial charge in [0.15, 0.2) is 11.5 Å². The number of hydrogen-bond acceptors (Lipinski definition) is 3. The highest BCUT2D eigenvalue weighted by Gasteiger charge is 2.10. The predicted molar refractivity (Wildman–Crippen MR) is 55.7 cm³/mol. The van der Waals surface area contributed by atoms with Gasteiger partial charge in [0.25, 0.3) is 0 Å². The predicted octanol–water partition coefficient (Wildman–Crippen LogP) is 0.956. The van der Waals surface area contributed by atoms with Crippen LogP contribution < -0.4 is 15.2 Å². The van der Waals surface area contributed by atoms with E-state index in [1.54, 1.807) is 6.08 Å². The topological polar surface area (TPSA) is 61.6 Å². The van der Waals surface area contributed by atoms with Gasteiger partial charge in [0, 0.05) is 6.08 Å². The number of fused-ring (bicyclic) bond motifs is 1. The lowest BCUT2D eigenvalue weighted by Crippen LogP contribution is -2.15. The molecule has 4 heteroatoms. The molecule has 78 valence electrons. The van der Waals surface area contributed by atoms with E-state index in [2.05, 4.69) is 0 Å². The number of rotatable bonds is 2. The number of carbonyl (C=O) groups excluding carboxylic acids is 1. The van der Waals surface area contributed by atoms with Crippen molar-refractivity contribution in [3.63, 3.8) is 0 Å². The van der Waals surface area contributed by atoms with Crippen LogP contribution in [-0.4, -0.2) is 19.1 Å². The smallest absolute Gasteiger partial charge is 0.241 e. The van der Waals surface area contributed by atoms with Gasteiger partial charge in [0.05, 0.1) is 0 Å². The van der Waals surface area contributed by atoms with E-state index in [0.717, 1.165) is 11.3 Å². The van der Waals surface area contributed by atoms with Crippen molar-refractivity contribution in [3.8, 4) is 11.5 Å². The standard InChI is InChI=1S/C11H11NO3/c12-11(13)4-2-8-1-3-9-10(7-8)15-6-5-14-9/h1-4,7H,5-6H2,(H2,12,13). The van der Waals surface area contributed by atoms with Crippen LogP contribution in [0.4, 0.5) is 0 Å². The highest BCUT2D eigenvalue weighted by atomic mass is 16.6. The van der Waals surface area contributed by atoms with E-state index >= 15 is 0 Å². The van der Waals surface area contributed by atoms with Gasteiger partial charge < -0.3 is 15.2 Å². The quantitative estimate of drug-likeness (QED) is 0.731. The molecule has 0 saturated heterocycles. The first kappa shape index (κ1) is 9.58. The number of hydrogen-bond donors (Lipinski definition) is 1. The van der Waals surface area contributed by atoms with E-state index < -0.39 is 5.91 Å². The molecule has 1 amide bonds. The first-order valence-electron chi connectivity index (χ1n) is 4.63. The summed E-state index contributed by atoms with van der Waals surface area (Å²) in [4.78, 5) is 10.5. The van der Waals surface area contributed by atoms with Crippen molar-refractivity contribution in [1.29, 1.82) is 0 Å². The van der Waals surface area contributed by atoms with Gasteiger partial charge in [0.1, 0.15) is 13.2 Å². The van der Waals surface area contributed by atoms with Crippen LogP contribution in [0.15, 0.2) is 24.3 Å². The maximum Gasteiger partial charge on any atom is 0.241 e. The van der Waals surface area contributed by atoms with Crippen molar-refractivity contribution < 1.29 is 14.3 Å². The van der Waals surface area contributed by atoms with E-state index in [9.17, 15) is 4.79 Å². The van der Waals surface area contributed by atoms with Crippen LogP contribution in [0, 0.1) is 0 Å². The Morgan fingerprint density at radius 1 is 1.27 bits per heavy atom. The zero-order valence-corrected chi connectivity index (χ0v) is 8.10. The minimum atomic E-state index is -0.468. The second kappa shape index (κ2) is 4.04. The first-order valence-corrected chi connectivity index (χ1v) is 4.63. The summed E-state index contributed by atoms with van der Waals surface area (Å²) in [6.07, 6.45) is 2.95. The molecule has 1 aromatic rings. The Kier molecular flexibility index (Phi) is 2.58. The number of benzene rings is 1. The van der Waals surface area contributed by atoms with Crippen molar-refractivity contribution in [2.45, 2.75) is 0 Å². The maximum absolute atomic E-state index is 10.5. The monoisotopic (exact) mass is 205 g/mol. The molecule has 0 saturated carbocycles. The molecule has 0 aromatic heterocycles. The minimum absolute atomic E-state index is 0.468. The SMILES string of the molecule is NC(=O)C=Cc1ccc2c(c1)OCCO2. The summed E-state index contributed by atoms with van der Waals surface area (Å²) < 4.78 is 10.8. The Morgan fingerprint density at radius 3 is 2.73 bits per heavy atom. The third-order valence-corrected chi connectivity index (χ3v) is 2.01. The summed E-state index contributed by atoms with van der Waals surface area (Å²) in [5.74, 6) is 0.968. The molecule has 1 heterocycles. The number of primary amides is 1. The molecule has 4 nitrogen and oxygen atoms in total. The lowest BCUT2D eigenvalue weighted by molar-refractivity contribution is -0.113.